The third-order valence-electron chi connectivity index (χ3n) is 4.54. The third-order valence-corrected chi connectivity index (χ3v) is 4.54. The first-order valence-electron chi connectivity index (χ1n) is 9.48. The molecule has 0 radical (unpaired) electrons. The average molecular weight is 392 g/mol. The van der Waals surface area contributed by atoms with Crippen LogP contribution in [0, 0.1) is 0 Å². The Morgan fingerprint density at radius 3 is 2.48 bits per heavy atom. The molecule has 1 aliphatic rings. The molecule has 3 N–H and O–H groups in total. The fraction of sp³-hybridized carbons (Fsp3) is 0.227. The lowest BCUT2D eigenvalue weighted by molar-refractivity contribution is -0.124. The number of pyridine rings is 1. The molecule has 2 aromatic rings. The van der Waals surface area contributed by atoms with E-state index in [1.54, 1.807) is 24.3 Å². The number of nitrogens with one attached hydrogen (secondary N) is 2. The number of hydrogen-bond donors (Lipinski definition) is 3. The highest BCUT2D eigenvalue weighted by Gasteiger charge is 2.11. The summed E-state index contributed by atoms with van der Waals surface area (Å²) in [4.78, 5) is 30.3. The molecule has 1 fully saturated rings. The fourth-order valence-corrected chi connectivity index (χ4v) is 3.06. The molecule has 1 aliphatic heterocycles. The van der Waals surface area contributed by atoms with E-state index in [2.05, 4.69) is 15.2 Å². The lowest BCUT2D eigenvalue weighted by Gasteiger charge is -2.27. The number of benzene rings is 1. The zero-order valence-corrected chi connectivity index (χ0v) is 16.0. The summed E-state index contributed by atoms with van der Waals surface area (Å²) in [6.45, 7) is 4.84. The molecular formula is C22H24N4O3. The second-order valence-corrected chi connectivity index (χ2v) is 6.72. The van der Waals surface area contributed by atoms with Crippen LogP contribution in [0.2, 0.25) is 0 Å². The van der Waals surface area contributed by atoms with Gasteiger partial charge in [0.15, 0.2) is 5.78 Å². The number of piperazine rings is 1. The van der Waals surface area contributed by atoms with Crippen LogP contribution < -0.4 is 10.8 Å². The molecule has 3 rings (SSSR count). The van der Waals surface area contributed by atoms with Crippen LogP contribution in [0.1, 0.15) is 27.3 Å². The van der Waals surface area contributed by atoms with E-state index in [0.717, 1.165) is 38.3 Å². The molecule has 7 heteroatoms. The second kappa shape index (κ2) is 10.4. The normalized spacial score (nSPS) is 15.1. The van der Waals surface area contributed by atoms with Crippen LogP contribution in [0.4, 0.5) is 0 Å². The Labute approximate surface area is 169 Å². The zero-order chi connectivity index (χ0) is 20.5. The molecule has 1 aromatic carbocycles. The highest BCUT2D eigenvalue weighted by atomic mass is 16.5. The van der Waals surface area contributed by atoms with Gasteiger partial charge in [0.05, 0.1) is 11.4 Å². The maximum absolute atomic E-state index is 12.6. The zero-order valence-electron chi connectivity index (χ0n) is 16.0. The van der Waals surface area contributed by atoms with Gasteiger partial charge in [0.1, 0.15) is 0 Å². The van der Waals surface area contributed by atoms with Gasteiger partial charge in [-0.2, -0.15) is 0 Å². The molecule has 0 aliphatic carbocycles. The van der Waals surface area contributed by atoms with Gasteiger partial charge >= 0.3 is 0 Å². The van der Waals surface area contributed by atoms with Crippen molar-refractivity contribution in [1.29, 1.82) is 0 Å². The van der Waals surface area contributed by atoms with E-state index in [0.29, 0.717) is 17.0 Å². The number of nitrogens with zero attached hydrogens (tertiary/aromatic N) is 2. The van der Waals surface area contributed by atoms with E-state index in [4.69, 9.17) is 5.21 Å². The summed E-state index contributed by atoms with van der Waals surface area (Å²) in [5.74, 6) is -0.724. The molecule has 0 bridgehead atoms. The Hall–Kier alpha value is -3.13. The van der Waals surface area contributed by atoms with Gasteiger partial charge in [0.2, 0.25) is 0 Å². The number of hydroxylamine groups is 1. The Morgan fingerprint density at radius 2 is 1.76 bits per heavy atom. The first-order chi connectivity index (χ1) is 14.1. The summed E-state index contributed by atoms with van der Waals surface area (Å²) in [6.07, 6.45) is 5.80. The maximum atomic E-state index is 12.6. The summed E-state index contributed by atoms with van der Waals surface area (Å²) in [7, 11) is 0. The van der Waals surface area contributed by atoms with E-state index in [1.807, 2.05) is 24.3 Å². The quantitative estimate of drug-likeness (QED) is 0.288. The molecule has 0 unspecified atom stereocenters. The summed E-state index contributed by atoms with van der Waals surface area (Å²) in [5.41, 5.74) is 4.43. The van der Waals surface area contributed by atoms with Crippen molar-refractivity contribution in [1.82, 2.24) is 20.7 Å². The number of hydrogen-bond acceptors (Lipinski definition) is 6. The van der Waals surface area contributed by atoms with Crippen molar-refractivity contribution < 1.29 is 14.8 Å². The first-order valence-corrected chi connectivity index (χ1v) is 9.48. The van der Waals surface area contributed by atoms with Crippen molar-refractivity contribution in [2.24, 2.45) is 0 Å². The van der Waals surface area contributed by atoms with Crippen LogP contribution in [-0.4, -0.2) is 53.0 Å². The molecule has 1 saturated heterocycles. The summed E-state index contributed by atoms with van der Waals surface area (Å²) in [5, 5.41) is 11.8. The number of rotatable bonds is 7. The summed E-state index contributed by atoms with van der Waals surface area (Å²) in [6, 6.07) is 13.0. The Kier molecular flexibility index (Phi) is 7.40. The van der Waals surface area contributed by atoms with Gasteiger partial charge in [0.25, 0.3) is 5.91 Å². The lowest BCUT2D eigenvalue weighted by Crippen LogP contribution is -2.42. The van der Waals surface area contributed by atoms with Gasteiger partial charge < -0.3 is 5.32 Å². The predicted molar refractivity (Wildman–Crippen MR) is 111 cm³/mol. The Balaban J connectivity index is 1.65. The van der Waals surface area contributed by atoms with Crippen molar-refractivity contribution in [2.75, 3.05) is 26.2 Å². The minimum Gasteiger partial charge on any atom is -0.314 e. The number of aromatic nitrogens is 1. The number of allylic oxidation sites excluding steroid dienone is 1. The van der Waals surface area contributed by atoms with Crippen LogP contribution >= 0.6 is 0 Å². The van der Waals surface area contributed by atoms with Crippen LogP contribution in [-0.2, 0) is 11.3 Å². The van der Waals surface area contributed by atoms with Gasteiger partial charge in [-0.25, -0.2) is 10.5 Å². The highest BCUT2D eigenvalue weighted by molar-refractivity contribution is 6.06. The minimum absolute atomic E-state index is 0.0884. The van der Waals surface area contributed by atoms with Crippen LogP contribution in [0.15, 0.2) is 54.6 Å². The van der Waals surface area contributed by atoms with Crippen LogP contribution in [0.3, 0.4) is 0 Å². The molecule has 0 saturated carbocycles. The van der Waals surface area contributed by atoms with Gasteiger partial charge in [-0.05, 0) is 42.0 Å². The number of amides is 1. The molecule has 1 aromatic heterocycles. The number of carbonyl (C=O) groups excluding carboxylic acids is 2. The van der Waals surface area contributed by atoms with E-state index in [1.165, 1.54) is 23.7 Å². The van der Waals surface area contributed by atoms with Crippen molar-refractivity contribution in [3.63, 3.8) is 0 Å². The van der Waals surface area contributed by atoms with Gasteiger partial charge in [-0.15, -0.1) is 0 Å². The van der Waals surface area contributed by atoms with Crippen molar-refractivity contribution >= 4 is 23.8 Å². The van der Waals surface area contributed by atoms with Gasteiger partial charge in [-0.1, -0.05) is 24.3 Å². The van der Waals surface area contributed by atoms with E-state index >= 15 is 0 Å². The van der Waals surface area contributed by atoms with Crippen LogP contribution in [0.25, 0.3) is 12.2 Å². The molecule has 150 valence electrons. The Bertz CT molecular complexity index is 918. The summed E-state index contributed by atoms with van der Waals surface area (Å²) >= 11 is 0. The molecule has 0 spiro atoms. The van der Waals surface area contributed by atoms with Crippen LogP contribution in [0.5, 0.6) is 0 Å². The molecule has 0 atom stereocenters. The molecule has 29 heavy (non-hydrogen) atoms. The SMILES string of the molecule is O=C(C=Cc1cccc(C=CC(=O)c2cccc(CN3CCNCC3)c2)n1)NO. The summed E-state index contributed by atoms with van der Waals surface area (Å²) < 4.78 is 0. The smallest absolute Gasteiger partial charge is 0.267 e. The van der Waals surface area contributed by atoms with Crippen molar-refractivity contribution in [3.8, 4) is 0 Å². The topological polar surface area (TPSA) is 94.6 Å². The van der Waals surface area contributed by atoms with Gasteiger partial charge in [-0.3, -0.25) is 19.7 Å². The van der Waals surface area contributed by atoms with E-state index < -0.39 is 5.91 Å². The first kappa shape index (κ1) is 20.6. The largest absolute Gasteiger partial charge is 0.314 e. The second-order valence-electron chi connectivity index (χ2n) is 6.72. The van der Waals surface area contributed by atoms with Crippen molar-refractivity contribution in [2.45, 2.75) is 6.54 Å². The monoisotopic (exact) mass is 392 g/mol. The molecule has 2 heterocycles. The number of carbonyl (C=O) groups is 2. The fourth-order valence-electron chi connectivity index (χ4n) is 3.06. The number of ketones is 1. The Morgan fingerprint density at radius 1 is 1.07 bits per heavy atom. The van der Waals surface area contributed by atoms with Crippen molar-refractivity contribution in [3.05, 3.63) is 77.1 Å². The van der Waals surface area contributed by atoms with E-state index in [9.17, 15) is 9.59 Å². The lowest BCUT2D eigenvalue weighted by atomic mass is 10.1. The standard InChI is InChI=1S/C22H24N4O3/c27-21(9-7-19-5-2-6-20(24-19)8-10-22(28)25-29)18-4-1-3-17(15-18)16-26-13-11-23-12-14-26/h1-10,15,23,29H,11-14,16H2,(H,25,28). The predicted octanol–water partition coefficient (Wildman–Crippen LogP) is 1.90. The molecular weight excluding hydrogens is 368 g/mol. The highest BCUT2D eigenvalue weighted by Crippen LogP contribution is 2.11. The average Bonchev–Trinajstić information content (AvgIpc) is 2.77. The minimum atomic E-state index is -0.636. The molecule has 7 nitrogen and oxygen atoms in total. The molecule has 1 amide bonds. The van der Waals surface area contributed by atoms with Gasteiger partial charge in [0, 0.05) is 44.4 Å². The van der Waals surface area contributed by atoms with E-state index in [-0.39, 0.29) is 5.78 Å². The third kappa shape index (κ3) is 6.46. The maximum Gasteiger partial charge on any atom is 0.267 e.